The first-order valence-electron chi connectivity index (χ1n) is 1.97. The molecule has 3 heteroatoms. The summed E-state index contributed by atoms with van der Waals surface area (Å²) in [5.41, 5.74) is 0. The molecule has 0 aromatic rings. The van der Waals surface area contributed by atoms with Crippen LogP contribution in [0.25, 0.3) is 0 Å². The van der Waals surface area contributed by atoms with E-state index in [4.69, 9.17) is 0 Å². The van der Waals surface area contributed by atoms with Crippen molar-refractivity contribution in [2.75, 3.05) is 6.61 Å². The van der Waals surface area contributed by atoms with Gasteiger partial charge in [-0.25, -0.2) is 0 Å². The van der Waals surface area contributed by atoms with Crippen molar-refractivity contribution in [2.24, 2.45) is 0 Å². The molecular weight excluding hydrogens is 187 g/mol. The molecule has 0 N–H and O–H groups in total. The third-order valence-corrected chi connectivity index (χ3v) is 1.45. The summed E-state index contributed by atoms with van der Waals surface area (Å²) >= 11 is -1.70. The Morgan fingerprint density at radius 3 is 2.67 bits per heavy atom. The summed E-state index contributed by atoms with van der Waals surface area (Å²) in [4.78, 5) is 0. The van der Waals surface area contributed by atoms with Crippen LogP contribution >= 0.6 is 0 Å². The number of hydrogen-bond donors (Lipinski definition) is 0. The van der Waals surface area contributed by atoms with Crippen molar-refractivity contribution in [1.82, 2.24) is 0 Å². The van der Waals surface area contributed by atoms with Crippen LogP contribution in [0.1, 0.15) is 13.3 Å². The van der Waals surface area contributed by atoms with Crippen LogP contribution in [0.4, 0.5) is 0 Å². The van der Waals surface area contributed by atoms with Gasteiger partial charge in [0.1, 0.15) is 0 Å². The number of hydrogen-bond acceptors (Lipinski definition) is 2. The summed E-state index contributed by atoms with van der Waals surface area (Å²) in [5.74, 6) is 0. The van der Waals surface area contributed by atoms with Gasteiger partial charge in [0.2, 0.25) is 0 Å². The summed E-state index contributed by atoms with van der Waals surface area (Å²) in [5, 5.41) is 0. The second kappa shape index (κ2) is 5.56. The molecule has 0 aromatic carbocycles. The number of rotatable bonds is 3. The molecule has 0 amide bonds. The zero-order chi connectivity index (χ0) is 4.83. The van der Waals surface area contributed by atoms with Crippen LogP contribution in [-0.2, 0) is 6.15 Å². The standard InChI is InChI=1S/C3H7O.O.Sn.H/c1-2-3-4;;;/h2-3H2,1H3;;;/q-1;;+1;. The third-order valence-electron chi connectivity index (χ3n) is 0.390. The maximum absolute atomic E-state index is 9.66. The van der Waals surface area contributed by atoms with Crippen molar-refractivity contribution in [3.05, 3.63) is 0 Å². The van der Waals surface area contributed by atoms with Gasteiger partial charge >= 0.3 is 47.6 Å². The Kier molecular flexibility index (Phi) is 6.08. The Labute approximate surface area is 48.0 Å². The Bertz CT molecular complexity index is 37.8. The van der Waals surface area contributed by atoms with E-state index in [0.29, 0.717) is 6.61 Å². The van der Waals surface area contributed by atoms with Crippen LogP contribution < -0.4 is 0 Å². The molecular formula is C3H8O2Sn. The van der Waals surface area contributed by atoms with Crippen LogP contribution in [0.2, 0.25) is 0 Å². The van der Waals surface area contributed by atoms with E-state index in [0.717, 1.165) is 6.42 Å². The first kappa shape index (κ1) is 6.56. The van der Waals surface area contributed by atoms with Crippen molar-refractivity contribution < 1.29 is 6.15 Å². The minimum absolute atomic E-state index is 0.685. The fraction of sp³-hybridized carbons (Fsp3) is 1.00. The fourth-order valence-corrected chi connectivity index (χ4v) is 1.11. The van der Waals surface area contributed by atoms with E-state index < -0.39 is 21.5 Å². The molecule has 0 radical (unpaired) electrons. The fourth-order valence-electron chi connectivity index (χ4n) is 0.166. The van der Waals surface area contributed by atoms with Gasteiger partial charge in [-0.1, -0.05) is 0 Å². The molecule has 0 rings (SSSR count). The van der Waals surface area contributed by atoms with E-state index in [1.54, 1.807) is 0 Å². The quantitative estimate of drug-likeness (QED) is 0.471. The zero-order valence-electron chi connectivity index (χ0n) is 3.81. The predicted octanol–water partition coefficient (Wildman–Crippen LogP) is 0.110. The van der Waals surface area contributed by atoms with E-state index in [1.165, 1.54) is 0 Å². The molecule has 0 spiro atoms. The summed E-state index contributed by atoms with van der Waals surface area (Å²) in [6, 6.07) is 0. The van der Waals surface area contributed by atoms with Crippen molar-refractivity contribution >= 4 is 21.5 Å². The molecule has 0 saturated heterocycles. The van der Waals surface area contributed by atoms with Crippen LogP contribution in [0, 0.1) is 0 Å². The van der Waals surface area contributed by atoms with E-state index in [1.807, 2.05) is 6.92 Å². The Balaban J connectivity index is 2.49. The summed E-state index contributed by atoms with van der Waals surface area (Å²) in [7, 11) is 0. The monoisotopic (exact) mass is 196 g/mol. The molecule has 36 valence electrons. The van der Waals surface area contributed by atoms with Gasteiger partial charge in [0.25, 0.3) is 0 Å². The Morgan fingerprint density at radius 2 is 2.50 bits per heavy atom. The molecule has 2 nitrogen and oxygen atoms in total. The molecule has 0 aliphatic rings. The van der Waals surface area contributed by atoms with Gasteiger partial charge in [0.05, 0.1) is 0 Å². The summed E-state index contributed by atoms with van der Waals surface area (Å²) in [6.45, 7) is 2.68. The van der Waals surface area contributed by atoms with Gasteiger partial charge < -0.3 is 0 Å². The molecule has 0 atom stereocenters. The van der Waals surface area contributed by atoms with Gasteiger partial charge in [-0.2, -0.15) is 0 Å². The predicted molar refractivity (Wildman–Crippen MR) is 24.1 cm³/mol. The Morgan fingerprint density at radius 1 is 1.83 bits per heavy atom. The van der Waals surface area contributed by atoms with E-state index in [-0.39, 0.29) is 0 Å². The first-order chi connectivity index (χ1) is 2.91. The molecule has 0 unspecified atom stereocenters. The first-order valence-corrected chi connectivity index (χ1v) is 4.66. The molecule has 0 fully saturated rings. The second-order valence-electron chi connectivity index (χ2n) is 0.967. The van der Waals surface area contributed by atoms with Crippen LogP contribution in [-0.4, -0.2) is 28.1 Å². The molecule has 0 saturated carbocycles. The SMILES string of the molecule is CCC[O][SnH]=[O]. The normalized spacial score (nSPS) is 8.17. The van der Waals surface area contributed by atoms with Crippen LogP contribution in [0.5, 0.6) is 0 Å². The summed E-state index contributed by atoms with van der Waals surface area (Å²) in [6.07, 6.45) is 0.980. The molecule has 0 aliphatic heterocycles. The zero-order valence-corrected chi connectivity index (χ0v) is 7.10. The molecule has 6 heavy (non-hydrogen) atoms. The van der Waals surface area contributed by atoms with Gasteiger partial charge in [0, 0.05) is 0 Å². The van der Waals surface area contributed by atoms with Gasteiger partial charge in [-0.05, 0) is 0 Å². The minimum atomic E-state index is -1.70. The van der Waals surface area contributed by atoms with Crippen LogP contribution in [0.3, 0.4) is 0 Å². The van der Waals surface area contributed by atoms with Gasteiger partial charge in [-0.15, -0.1) is 0 Å². The molecule has 0 aromatic heterocycles. The van der Waals surface area contributed by atoms with Crippen molar-refractivity contribution in [3.8, 4) is 0 Å². The van der Waals surface area contributed by atoms with Gasteiger partial charge in [0.15, 0.2) is 0 Å². The topological polar surface area (TPSA) is 26.3 Å². The molecule has 0 heterocycles. The van der Waals surface area contributed by atoms with Crippen molar-refractivity contribution in [3.63, 3.8) is 0 Å². The van der Waals surface area contributed by atoms with Crippen molar-refractivity contribution in [2.45, 2.75) is 13.3 Å². The van der Waals surface area contributed by atoms with E-state index >= 15 is 0 Å². The van der Waals surface area contributed by atoms with Crippen molar-refractivity contribution in [1.29, 1.82) is 0 Å². The molecule has 0 bridgehead atoms. The average molecular weight is 195 g/mol. The summed E-state index contributed by atoms with van der Waals surface area (Å²) < 4.78 is 14.3. The maximum atomic E-state index is 9.66. The van der Waals surface area contributed by atoms with Gasteiger partial charge in [-0.3, -0.25) is 0 Å². The van der Waals surface area contributed by atoms with Crippen LogP contribution in [0.15, 0.2) is 0 Å². The molecule has 0 aliphatic carbocycles. The van der Waals surface area contributed by atoms with E-state index in [2.05, 4.69) is 3.07 Å². The Hall–Kier alpha value is 0.559. The average Bonchev–Trinajstić information content (AvgIpc) is 1.61. The third kappa shape index (κ3) is 4.56. The van der Waals surface area contributed by atoms with E-state index in [9.17, 15) is 3.08 Å². The second-order valence-corrected chi connectivity index (χ2v) is 2.47.